The van der Waals surface area contributed by atoms with E-state index in [-0.39, 0.29) is 6.04 Å². The second-order valence-corrected chi connectivity index (χ2v) is 4.91. The summed E-state index contributed by atoms with van der Waals surface area (Å²) < 4.78 is 0. The molecule has 1 unspecified atom stereocenters. The third-order valence-electron chi connectivity index (χ3n) is 3.33. The van der Waals surface area contributed by atoms with Crippen LogP contribution in [0.25, 0.3) is 0 Å². The number of carbonyl (C=O) groups excluding carboxylic acids is 1. The molecule has 0 aliphatic rings. The van der Waals surface area contributed by atoms with Gasteiger partial charge in [-0.2, -0.15) is 0 Å². The van der Waals surface area contributed by atoms with Crippen LogP contribution in [0.4, 0.5) is 16.2 Å². The number of rotatable bonds is 5. The molecule has 110 valence electrons. The van der Waals surface area contributed by atoms with Crippen LogP contribution in [-0.2, 0) is 6.54 Å². The number of benzene rings is 2. The first-order valence-corrected chi connectivity index (χ1v) is 6.79. The zero-order chi connectivity index (χ0) is 15.2. The summed E-state index contributed by atoms with van der Waals surface area (Å²) in [6.07, 6.45) is 0. The number of hydrogen-bond acceptors (Lipinski definition) is 3. The Morgan fingerprint density at radius 3 is 2.43 bits per heavy atom. The molecule has 0 aliphatic heterocycles. The van der Waals surface area contributed by atoms with Crippen molar-refractivity contribution in [3.8, 4) is 0 Å². The van der Waals surface area contributed by atoms with E-state index in [1.54, 1.807) is 0 Å². The number of amides is 2. The van der Waals surface area contributed by atoms with E-state index < -0.39 is 6.03 Å². The van der Waals surface area contributed by atoms with Gasteiger partial charge in [0.1, 0.15) is 0 Å². The molecular formula is C16H20N4O. The van der Waals surface area contributed by atoms with Gasteiger partial charge in [0.05, 0.1) is 0 Å². The first-order valence-electron chi connectivity index (χ1n) is 6.79. The molecule has 5 heteroatoms. The molecular weight excluding hydrogens is 264 g/mol. The van der Waals surface area contributed by atoms with Gasteiger partial charge in [0.25, 0.3) is 0 Å². The molecule has 2 rings (SSSR count). The Labute approximate surface area is 124 Å². The number of anilines is 2. The van der Waals surface area contributed by atoms with Crippen LogP contribution < -0.4 is 22.1 Å². The fourth-order valence-corrected chi connectivity index (χ4v) is 2.07. The summed E-state index contributed by atoms with van der Waals surface area (Å²) in [6.45, 7) is 2.78. The van der Waals surface area contributed by atoms with Crippen molar-refractivity contribution in [2.24, 2.45) is 5.73 Å². The van der Waals surface area contributed by atoms with Crippen molar-refractivity contribution < 1.29 is 4.79 Å². The summed E-state index contributed by atoms with van der Waals surface area (Å²) in [7, 11) is 0. The molecule has 2 aromatic rings. The highest BCUT2D eigenvalue weighted by Gasteiger charge is 2.06. The van der Waals surface area contributed by atoms with Crippen LogP contribution in [0.3, 0.4) is 0 Å². The molecule has 0 radical (unpaired) electrons. The lowest BCUT2D eigenvalue weighted by atomic mass is 10.1. The minimum atomic E-state index is -0.562. The van der Waals surface area contributed by atoms with Crippen molar-refractivity contribution >= 4 is 17.4 Å². The molecule has 0 saturated carbocycles. The molecule has 0 heterocycles. The van der Waals surface area contributed by atoms with Gasteiger partial charge < -0.3 is 22.1 Å². The van der Waals surface area contributed by atoms with Gasteiger partial charge in [0.2, 0.25) is 0 Å². The summed E-state index contributed by atoms with van der Waals surface area (Å²) in [5, 5.41) is 5.96. The van der Waals surface area contributed by atoms with Gasteiger partial charge in [-0.1, -0.05) is 30.3 Å². The SMILES string of the molecule is CC(NCc1ccccc1N)c1ccc(NC(N)=O)cc1. The van der Waals surface area contributed by atoms with Gasteiger partial charge >= 0.3 is 6.03 Å². The first-order chi connectivity index (χ1) is 10.1. The van der Waals surface area contributed by atoms with Crippen molar-refractivity contribution in [2.45, 2.75) is 19.5 Å². The van der Waals surface area contributed by atoms with Crippen molar-refractivity contribution in [1.29, 1.82) is 0 Å². The van der Waals surface area contributed by atoms with Crippen LogP contribution in [0, 0.1) is 0 Å². The molecule has 0 bridgehead atoms. The summed E-state index contributed by atoms with van der Waals surface area (Å²) in [5.74, 6) is 0. The number of hydrogen-bond donors (Lipinski definition) is 4. The molecule has 6 N–H and O–H groups in total. The van der Waals surface area contributed by atoms with E-state index in [0.717, 1.165) is 16.8 Å². The van der Waals surface area contributed by atoms with Crippen LogP contribution in [0.15, 0.2) is 48.5 Å². The minimum Gasteiger partial charge on any atom is -0.398 e. The maximum atomic E-state index is 10.8. The molecule has 0 aromatic heterocycles. The average molecular weight is 284 g/mol. The lowest BCUT2D eigenvalue weighted by Gasteiger charge is -2.15. The highest BCUT2D eigenvalue weighted by Crippen LogP contribution is 2.17. The molecule has 0 aliphatic carbocycles. The van der Waals surface area contributed by atoms with Crippen LogP contribution in [0.1, 0.15) is 24.1 Å². The molecule has 2 aromatic carbocycles. The van der Waals surface area contributed by atoms with Gasteiger partial charge in [0, 0.05) is 24.0 Å². The normalized spacial score (nSPS) is 11.9. The Morgan fingerprint density at radius 2 is 1.81 bits per heavy atom. The lowest BCUT2D eigenvalue weighted by molar-refractivity contribution is 0.259. The number of para-hydroxylation sites is 1. The van der Waals surface area contributed by atoms with Gasteiger partial charge in [0.15, 0.2) is 0 Å². The quantitative estimate of drug-likeness (QED) is 0.636. The summed E-state index contributed by atoms with van der Waals surface area (Å²) >= 11 is 0. The van der Waals surface area contributed by atoms with Gasteiger partial charge in [-0.05, 0) is 36.2 Å². The maximum absolute atomic E-state index is 10.8. The molecule has 21 heavy (non-hydrogen) atoms. The third-order valence-corrected chi connectivity index (χ3v) is 3.33. The Balaban J connectivity index is 1.95. The third kappa shape index (κ3) is 4.22. The molecule has 0 fully saturated rings. The molecule has 0 spiro atoms. The predicted molar refractivity (Wildman–Crippen MR) is 85.8 cm³/mol. The van der Waals surface area contributed by atoms with E-state index >= 15 is 0 Å². The smallest absolute Gasteiger partial charge is 0.316 e. The lowest BCUT2D eigenvalue weighted by Crippen LogP contribution is -2.20. The van der Waals surface area contributed by atoms with Crippen LogP contribution in [0.2, 0.25) is 0 Å². The van der Waals surface area contributed by atoms with E-state index in [1.165, 1.54) is 0 Å². The largest absolute Gasteiger partial charge is 0.398 e. The highest BCUT2D eigenvalue weighted by molar-refractivity contribution is 5.87. The number of nitrogens with one attached hydrogen (secondary N) is 2. The Bertz CT molecular complexity index is 610. The highest BCUT2D eigenvalue weighted by atomic mass is 16.2. The Kier molecular flexibility index (Phi) is 4.79. The van der Waals surface area contributed by atoms with E-state index in [0.29, 0.717) is 12.2 Å². The van der Waals surface area contributed by atoms with Crippen molar-refractivity contribution in [3.63, 3.8) is 0 Å². The number of nitrogens with two attached hydrogens (primary N) is 2. The zero-order valence-electron chi connectivity index (χ0n) is 12.0. The first kappa shape index (κ1) is 14.9. The Morgan fingerprint density at radius 1 is 1.14 bits per heavy atom. The van der Waals surface area contributed by atoms with Gasteiger partial charge in [-0.3, -0.25) is 0 Å². The maximum Gasteiger partial charge on any atom is 0.316 e. The summed E-state index contributed by atoms with van der Waals surface area (Å²) in [4.78, 5) is 10.8. The number of urea groups is 1. The van der Waals surface area contributed by atoms with Crippen molar-refractivity contribution in [1.82, 2.24) is 5.32 Å². The van der Waals surface area contributed by atoms with Crippen LogP contribution in [0.5, 0.6) is 0 Å². The van der Waals surface area contributed by atoms with Crippen LogP contribution >= 0.6 is 0 Å². The molecule has 5 nitrogen and oxygen atoms in total. The van der Waals surface area contributed by atoms with E-state index in [1.807, 2.05) is 48.5 Å². The van der Waals surface area contributed by atoms with E-state index in [4.69, 9.17) is 11.5 Å². The van der Waals surface area contributed by atoms with E-state index in [9.17, 15) is 4.79 Å². The second-order valence-electron chi connectivity index (χ2n) is 4.91. The number of primary amides is 1. The van der Waals surface area contributed by atoms with Crippen LogP contribution in [-0.4, -0.2) is 6.03 Å². The fraction of sp³-hybridized carbons (Fsp3) is 0.188. The molecule has 1 atom stereocenters. The standard InChI is InChI=1S/C16H20N4O/c1-11(19-10-13-4-2-3-5-15(13)17)12-6-8-14(9-7-12)20-16(18)21/h2-9,11,19H,10,17H2,1H3,(H3,18,20,21). The van der Waals surface area contributed by atoms with E-state index in [2.05, 4.69) is 17.6 Å². The zero-order valence-corrected chi connectivity index (χ0v) is 12.0. The molecule has 2 amide bonds. The summed E-state index contributed by atoms with van der Waals surface area (Å²) in [6, 6.07) is 15.0. The Hall–Kier alpha value is -2.53. The van der Waals surface area contributed by atoms with Gasteiger partial charge in [-0.25, -0.2) is 4.79 Å². The number of carbonyl (C=O) groups is 1. The van der Waals surface area contributed by atoms with Crippen molar-refractivity contribution in [3.05, 3.63) is 59.7 Å². The topological polar surface area (TPSA) is 93.2 Å². The monoisotopic (exact) mass is 284 g/mol. The fourth-order valence-electron chi connectivity index (χ4n) is 2.07. The summed E-state index contributed by atoms with van der Waals surface area (Å²) in [5.41, 5.74) is 14.7. The second kappa shape index (κ2) is 6.76. The van der Waals surface area contributed by atoms with Gasteiger partial charge in [-0.15, -0.1) is 0 Å². The number of nitrogen functional groups attached to an aromatic ring is 1. The van der Waals surface area contributed by atoms with Crippen molar-refractivity contribution in [2.75, 3.05) is 11.1 Å². The average Bonchev–Trinajstić information content (AvgIpc) is 2.46. The predicted octanol–water partition coefficient (Wildman–Crippen LogP) is 2.61. The minimum absolute atomic E-state index is 0.173. The molecule has 0 saturated heterocycles.